The molecule has 1 amide bonds. The second-order valence-corrected chi connectivity index (χ2v) is 7.54. The summed E-state index contributed by atoms with van der Waals surface area (Å²) in [5, 5.41) is 7.33. The molecule has 1 aromatic heterocycles. The number of aryl methyl sites for hydroxylation is 3. The summed E-state index contributed by atoms with van der Waals surface area (Å²) in [7, 11) is 1.87. The Balaban J connectivity index is 1.38. The highest BCUT2D eigenvalue weighted by atomic mass is 19.1. The van der Waals surface area contributed by atoms with Crippen LogP contribution in [-0.4, -0.2) is 34.6 Å². The lowest BCUT2D eigenvalue weighted by Gasteiger charge is -2.16. The summed E-state index contributed by atoms with van der Waals surface area (Å²) in [5.41, 5.74) is 5.24. The van der Waals surface area contributed by atoms with Crippen molar-refractivity contribution in [3.8, 4) is 11.3 Å². The number of carbonyl (C=O) groups excluding carboxylic acids is 1. The van der Waals surface area contributed by atoms with Crippen molar-refractivity contribution < 1.29 is 9.18 Å². The van der Waals surface area contributed by atoms with Crippen molar-refractivity contribution >= 4 is 5.91 Å². The number of nitrogens with zero attached hydrogens (tertiary/aromatic N) is 2. The van der Waals surface area contributed by atoms with Crippen LogP contribution in [0.25, 0.3) is 11.3 Å². The number of hydrogen-bond donors (Lipinski definition) is 1. The van der Waals surface area contributed by atoms with Crippen molar-refractivity contribution in [1.29, 1.82) is 0 Å². The van der Waals surface area contributed by atoms with Crippen molar-refractivity contribution in [2.45, 2.75) is 39.0 Å². The lowest BCUT2D eigenvalue weighted by molar-refractivity contribution is -0.130. The van der Waals surface area contributed by atoms with E-state index >= 15 is 0 Å². The quantitative estimate of drug-likeness (QED) is 0.560. The van der Waals surface area contributed by atoms with Gasteiger partial charge in [0.2, 0.25) is 5.91 Å². The van der Waals surface area contributed by atoms with Crippen LogP contribution < -0.4 is 0 Å². The summed E-state index contributed by atoms with van der Waals surface area (Å²) in [6, 6.07) is 16.8. The Morgan fingerprint density at radius 2 is 1.76 bits per heavy atom. The molecule has 0 aliphatic carbocycles. The lowest BCUT2D eigenvalue weighted by atomic mass is 10.1. The van der Waals surface area contributed by atoms with Crippen molar-refractivity contribution in [3.63, 3.8) is 0 Å². The van der Waals surface area contributed by atoms with Gasteiger partial charge in [0.05, 0.1) is 5.69 Å². The van der Waals surface area contributed by atoms with Crippen LogP contribution in [0.5, 0.6) is 0 Å². The third-order valence-corrected chi connectivity index (χ3v) is 5.11. The fourth-order valence-corrected chi connectivity index (χ4v) is 3.28. The van der Waals surface area contributed by atoms with Gasteiger partial charge in [-0.15, -0.1) is 0 Å². The average molecular weight is 394 g/mol. The fraction of sp³-hybridized carbons (Fsp3) is 0.333. The van der Waals surface area contributed by atoms with Crippen LogP contribution in [0.3, 0.4) is 0 Å². The number of rotatable bonds is 9. The minimum absolute atomic E-state index is 0.189. The molecular formula is C24H28FN3O. The minimum atomic E-state index is -0.254. The molecule has 1 N–H and O–H groups in total. The first-order chi connectivity index (χ1) is 14.0. The SMILES string of the molecule is Cc1ccc(CCCC(=O)N(C)CCCc2cc(-c3ccc(F)cc3)n[nH]2)cc1. The molecule has 0 saturated heterocycles. The Kier molecular flexibility index (Phi) is 7.17. The van der Waals surface area contributed by atoms with Crippen LogP contribution in [0, 0.1) is 12.7 Å². The van der Waals surface area contributed by atoms with Gasteiger partial charge in [0.1, 0.15) is 5.82 Å². The summed E-state index contributed by atoms with van der Waals surface area (Å²) in [6.07, 6.45) is 4.05. The number of halogens is 1. The van der Waals surface area contributed by atoms with Gasteiger partial charge in [-0.3, -0.25) is 9.89 Å². The molecule has 0 bridgehead atoms. The van der Waals surface area contributed by atoms with E-state index in [0.29, 0.717) is 13.0 Å². The highest BCUT2D eigenvalue weighted by Gasteiger charge is 2.09. The van der Waals surface area contributed by atoms with Crippen LogP contribution in [0.4, 0.5) is 4.39 Å². The highest BCUT2D eigenvalue weighted by molar-refractivity contribution is 5.75. The summed E-state index contributed by atoms with van der Waals surface area (Å²) in [4.78, 5) is 14.1. The third-order valence-electron chi connectivity index (χ3n) is 5.11. The van der Waals surface area contributed by atoms with Crippen LogP contribution in [-0.2, 0) is 17.6 Å². The number of benzene rings is 2. The van der Waals surface area contributed by atoms with Gasteiger partial charge in [-0.25, -0.2) is 4.39 Å². The fourth-order valence-electron chi connectivity index (χ4n) is 3.28. The van der Waals surface area contributed by atoms with Gasteiger partial charge in [0, 0.05) is 31.3 Å². The Bertz CT molecular complexity index is 916. The predicted octanol–water partition coefficient (Wildman–Crippen LogP) is 4.94. The van der Waals surface area contributed by atoms with E-state index in [9.17, 15) is 9.18 Å². The molecule has 1 heterocycles. The smallest absolute Gasteiger partial charge is 0.222 e. The van der Waals surface area contributed by atoms with E-state index in [1.165, 1.54) is 23.3 Å². The Morgan fingerprint density at radius 1 is 1.03 bits per heavy atom. The molecule has 3 aromatic rings. The Morgan fingerprint density at radius 3 is 2.48 bits per heavy atom. The van der Waals surface area contributed by atoms with Crippen molar-refractivity contribution in [3.05, 3.63) is 77.2 Å². The first-order valence-electron chi connectivity index (χ1n) is 10.1. The maximum atomic E-state index is 13.0. The average Bonchev–Trinajstić information content (AvgIpc) is 3.18. The first-order valence-corrected chi connectivity index (χ1v) is 10.1. The predicted molar refractivity (Wildman–Crippen MR) is 114 cm³/mol. The standard InChI is InChI=1S/C24H28FN3O/c1-18-8-10-19(11-9-18)5-3-7-24(29)28(2)16-4-6-22-17-23(27-26-22)20-12-14-21(25)15-13-20/h8-15,17H,3-7,16H2,1-2H3,(H,26,27). The zero-order chi connectivity index (χ0) is 20.6. The normalized spacial score (nSPS) is 10.9. The molecule has 0 fully saturated rings. The number of carbonyl (C=O) groups is 1. The van der Waals surface area contributed by atoms with Crippen LogP contribution in [0.2, 0.25) is 0 Å². The molecule has 0 unspecified atom stereocenters. The van der Waals surface area contributed by atoms with Gasteiger partial charge in [0.25, 0.3) is 0 Å². The number of H-pyrrole nitrogens is 1. The maximum absolute atomic E-state index is 13.0. The molecule has 0 spiro atoms. The molecular weight excluding hydrogens is 365 g/mol. The van der Waals surface area contributed by atoms with Gasteiger partial charge >= 0.3 is 0 Å². The number of aromatic amines is 1. The molecule has 4 nitrogen and oxygen atoms in total. The van der Waals surface area contributed by atoms with E-state index in [0.717, 1.165) is 42.6 Å². The van der Waals surface area contributed by atoms with E-state index in [4.69, 9.17) is 0 Å². The third kappa shape index (κ3) is 6.28. The highest BCUT2D eigenvalue weighted by Crippen LogP contribution is 2.18. The van der Waals surface area contributed by atoms with Crippen LogP contribution >= 0.6 is 0 Å². The summed E-state index contributed by atoms with van der Waals surface area (Å²) >= 11 is 0. The minimum Gasteiger partial charge on any atom is -0.346 e. The number of hydrogen-bond acceptors (Lipinski definition) is 2. The molecule has 0 aliphatic heterocycles. The van der Waals surface area contributed by atoms with Crippen LogP contribution in [0.15, 0.2) is 54.6 Å². The van der Waals surface area contributed by atoms with E-state index in [1.807, 2.05) is 18.0 Å². The molecule has 0 aliphatic rings. The van der Waals surface area contributed by atoms with E-state index < -0.39 is 0 Å². The first kappa shape index (κ1) is 20.8. The number of aromatic nitrogens is 2. The van der Waals surface area contributed by atoms with Crippen molar-refractivity contribution in [2.24, 2.45) is 0 Å². The summed E-state index contributed by atoms with van der Waals surface area (Å²) < 4.78 is 13.0. The Hall–Kier alpha value is -2.95. The van der Waals surface area contributed by atoms with E-state index in [1.54, 1.807) is 12.1 Å². The molecule has 2 aromatic carbocycles. The van der Waals surface area contributed by atoms with E-state index in [2.05, 4.69) is 41.4 Å². The Labute approximate surface area is 171 Å². The van der Waals surface area contributed by atoms with Gasteiger partial charge in [-0.1, -0.05) is 29.8 Å². The monoisotopic (exact) mass is 393 g/mol. The van der Waals surface area contributed by atoms with Gasteiger partial charge in [0.15, 0.2) is 0 Å². The van der Waals surface area contributed by atoms with Crippen LogP contribution in [0.1, 0.15) is 36.1 Å². The number of amides is 1. The second kappa shape index (κ2) is 10.0. The van der Waals surface area contributed by atoms with Gasteiger partial charge in [-0.2, -0.15) is 5.10 Å². The summed E-state index contributed by atoms with van der Waals surface area (Å²) in [5.74, 6) is -0.0650. The van der Waals surface area contributed by atoms with Gasteiger partial charge < -0.3 is 4.90 Å². The molecule has 0 atom stereocenters. The maximum Gasteiger partial charge on any atom is 0.222 e. The zero-order valence-corrected chi connectivity index (χ0v) is 17.1. The molecule has 5 heteroatoms. The van der Waals surface area contributed by atoms with E-state index in [-0.39, 0.29) is 11.7 Å². The van der Waals surface area contributed by atoms with Gasteiger partial charge in [-0.05, 0) is 68.5 Å². The molecule has 152 valence electrons. The largest absolute Gasteiger partial charge is 0.346 e. The zero-order valence-electron chi connectivity index (χ0n) is 17.1. The van der Waals surface area contributed by atoms with Crippen molar-refractivity contribution in [1.82, 2.24) is 15.1 Å². The topological polar surface area (TPSA) is 49.0 Å². The lowest BCUT2D eigenvalue weighted by Crippen LogP contribution is -2.27. The number of nitrogens with one attached hydrogen (secondary N) is 1. The summed E-state index contributed by atoms with van der Waals surface area (Å²) in [6.45, 7) is 2.80. The second-order valence-electron chi connectivity index (χ2n) is 7.54. The molecule has 0 radical (unpaired) electrons. The van der Waals surface area contributed by atoms with Crippen molar-refractivity contribution in [2.75, 3.05) is 13.6 Å². The molecule has 0 saturated carbocycles. The molecule has 3 rings (SSSR count). The molecule has 29 heavy (non-hydrogen) atoms.